The second kappa shape index (κ2) is 6.39. The molecule has 2 aromatic carbocycles. The second-order valence-electron chi connectivity index (χ2n) is 5.29. The van der Waals surface area contributed by atoms with Crippen LogP contribution in [0, 0.1) is 5.82 Å². The Morgan fingerprint density at radius 3 is 2.90 bits per heavy atom. The monoisotopic (exact) mass is 321 g/mol. The summed E-state index contributed by atoms with van der Waals surface area (Å²) in [5, 5.41) is 3.82. The highest BCUT2D eigenvalue weighted by molar-refractivity contribution is 7.99. The number of hydrogen-bond acceptors (Lipinski definition) is 2. The molecule has 1 aliphatic rings. The van der Waals surface area contributed by atoms with Crippen LogP contribution in [0.15, 0.2) is 47.4 Å². The molecule has 0 radical (unpaired) electrons. The summed E-state index contributed by atoms with van der Waals surface area (Å²) in [6.07, 6.45) is 1.10. The SMILES string of the molecule is CC(NC1CCSc2ccccc21)c1ccc(F)c(Cl)c1. The molecule has 0 saturated heterocycles. The van der Waals surface area contributed by atoms with Gasteiger partial charge in [0.25, 0.3) is 0 Å². The summed E-state index contributed by atoms with van der Waals surface area (Å²) < 4.78 is 13.3. The van der Waals surface area contributed by atoms with E-state index in [1.165, 1.54) is 16.5 Å². The van der Waals surface area contributed by atoms with Crippen LogP contribution in [0.3, 0.4) is 0 Å². The minimum Gasteiger partial charge on any atom is -0.303 e. The Bertz CT molecular complexity index is 646. The van der Waals surface area contributed by atoms with E-state index in [2.05, 4.69) is 36.5 Å². The normalized spacial score (nSPS) is 19.1. The van der Waals surface area contributed by atoms with Gasteiger partial charge in [0.1, 0.15) is 5.82 Å². The van der Waals surface area contributed by atoms with Crippen LogP contribution in [0.1, 0.15) is 36.6 Å². The van der Waals surface area contributed by atoms with Gasteiger partial charge in [-0.1, -0.05) is 35.9 Å². The molecule has 2 atom stereocenters. The maximum atomic E-state index is 13.3. The second-order valence-corrected chi connectivity index (χ2v) is 6.83. The maximum Gasteiger partial charge on any atom is 0.141 e. The van der Waals surface area contributed by atoms with Gasteiger partial charge in [-0.05, 0) is 48.4 Å². The van der Waals surface area contributed by atoms with E-state index in [-0.39, 0.29) is 16.9 Å². The molecule has 0 bridgehead atoms. The molecule has 2 aromatic rings. The van der Waals surface area contributed by atoms with Gasteiger partial charge in [0.05, 0.1) is 5.02 Å². The predicted molar refractivity (Wildman–Crippen MR) is 87.5 cm³/mol. The van der Waals surface area contributed by atoms with Crippen molar-refractivity contribution in [1.29, 1.82) is 0 Å². The van der Waals surface area contributed by atoms with Crippen molar-refractivity contribution in [2.24, 2.45) is 0 Å². The van der Waals surface area contributed by atoms with Crippen molar-refractivity contribution in [3.05, 3.63) is 64.4 Å². The fourth-order valence-corrected chi connectivity index (χ4v) is 4.01. The minimum absolute atomic E-state index is 0.129. The lowest BCUT2D eigenvalue weighted by molar-refractivity contribution is 0.450. The Morgan fingerprint density at radius 2 is 2.10 bits per heavy atom. The van der Waals surface area contributed by atoms with Crippen LogP contribution in [0.4, 0.5) is 4.39 Å². The molecule has 1 N–H and O–H groups in total. The first-order valence-corrected chi connectivity index (χ1v) is 8.44. The Hall–Kier alpha value is -1.03. The predicted octanol–water partition coefficient (Wildman–Crippen LogP) is 5.37. The van der Waals surface area contributed by atoms with Gasteiger partial charge in [0.2, 0.25) is 0 Å². The molecule has 0 aromatic heterocycles. The summed E-state index contributed by atoms with van der Waals surface area (Å²) in [6.45, 7) is 2.09. The van der Waals surface area contributed by atoms with Crippen LogP contribution < -0.4 is 5.32 Å². The average molecular weight is 322 g/mol. The molecular weight excluding hydrogens is 305 g/mol. The molecule has 0 saturated carbocycles. The standard InChI is InChI=1S/C17H17ClFNS/c1-11(12-6-7-15(19)14(18)10-12)20-16-8-9-21-17-5-3-2-4-13(16)17/h2-7,10-11,16,20H,8-9H2,1H3. The van der Waals surface area contributed by atoms with Crippen LogP contribution in [0.25, 0.3) is 0 Å². The molecule has 21 heavy (non-hydrogen) atoms. The van der Waals surface area contributed by atoms with Crippen LogP contribution in [-0.2, 0) is 0 Å². The molecule has 0 fully saturated rings. The number of nitrogens with one attached hydrogen (secondary N) is 1. The Balaban J connectivity index is 1.79. The number of rotatable bonds is 3. The summed E-state index contributed by atoms with van der Waals surface area (Å²) in [4.78, 5) is 1.35. The first kappa shape index (κ1) is 14.9. The van der Waals surface area contributed by atoms with Gasteiger partial charge in [0.15, 0.2) is 0 Å². The molecule has 110 valence electrons. The quantitative estimate of drug-likeness (QED) is 0.816. The zero-order valence-corrected chi connectivity index (χ0v) is 13.3. The van der Waals surface area contributed by atoms with Crippen molar-refractivity contribution in [2.75, 3.05) is 5.75 Å². The molecule has 3 rings (SSSR count). The smallest absolute Gasteiger partial charge is 0.141 e. The Labute approximate surface area is 133 Å². The lowest BCUT2D eigenvalue weighted by Crippen LogP contribution is -2.27. The van der Waals surface area contributed by atoms with E-state index in [1.807, 2.05) is 11.8 Å². The van der Waals surface area contributed by atoms with Gasteiger partial charge in [-0.25, -0.2) is 4.39 Å². The lowest BCUT2D eigenvalue weighted by Gasteiger charge is -2.29. The third kappa shape index (κ3) is 3.25. The molecule has 1 heterocycles. The maximum absolute atomic E-state index is 13.3. The molecule has 0 spiro atoms. The highest BCUT2D eigenvalue weighted by Crippen LogP contribution is 2.37. The van der Waals surface area contributed by atoms with E-state index in [9.17, 15) is 4.39 Å². The molecule has 1 aliphatic heterocycles. The van der Waals surface area contributed by atoms with Crippen LogP contribution in [-0.4, -0.2) is 5.75 Å². The van der Waals surface area contributed by atoms with Crippen LogP contribution >= 0.6 is 23.4 Å². The Morgan fingerprint density at radius 1 is 1.29 bits per heavy atom. The Kier molecular flexibility index (Phi) is 4.53. The van der Waals surface area contributed by atoms with Gasteiger partial charge in [-0.15, -0.1) is 11.8 Å². The summed E-state index contributed by atoms with van der Waals surface area (Å²) in [5.74, 6) is 0.748. The number of halogens is 2. The average Bonchev–Trinajstić information content (AvgIpc) is 2.50. The number of hydrogen-bond donors (Lipinski definition) is 1. The van der Waals surface area contributed by atoms with Crippen molar-refractivity contribution in [3.8, 4) is 0 Å². The largest absolute Gasteiger partial charge is 0.303 e. The first-order valence-electron chi connectivity index (χ1n) is 7.08. The van der Waals surface area contributed by atoms with Gasteiger partial charge >= 0.3 is 0 Å². The van der Waals surface area contributed by atoms with E-state index < -0.39 is 0 Å². The van der Waals surface area contributed by atoms with Gasteiger partial charge in [-0.2, -0.15) is 0 Å². The number of thioether (sulfide) groups is 1. The zero-order valence-electron chi connectivity index (χ0n) is 11.8. The number of fused-ring (bicyclic) bond motifs is 1. The fraction of sp³-hybridized carbons (Fsp3) is 0.294. The molecule has 1 nitrogen and oxygen atoms in total. The molecular formula is C17H17ClFNS. The lowest BCUT2D eigenvalue weighted by atomic mass is 10.0. The first-order chi connectivity index (χ1) is 10.1. The van der Waals surface area contributed by atoms with E-state index in [0.29, 0.717) is 6.04 Å². The van der Waals surface area contributed by atoms with Crippen molar-refractivity contribution < 1.29 is 4.39 Å². The number of benzene rings is 2. The van der Waals surface area contributed by atoms with E-state index in [0.717, 1.165) is 17.7 Å². The molecule has 0 amide bonds. The summed E-state index contributed by atoms with van der Waals surface area (Å²) in [7, 11) is 0. The van der Waals surface area contributed by atoms with Crippen molar-refractivity contribution in [1.82, 2.24) is 5.32 Å². The summed E-state index contributed by atoms with van der Waals surface area (Å²) in [5.41, 5.74) is 2.37. The summed E-state index contributed by atoms with van der Waals surface area (Å²) >= 11 is 7.78. The topological polar surface area (TPSA) is 12.0 Å². The van der Waals surface area contributed by atoms with Crippen LogP contribution in [0.2, 0.25) is 5.02 Å². The van der Waals surface area contributed by atoms with Crippen molar-refractivity contribution >= 4 is 23.4 Å². The van der Waals surface area contributed by atoms with Crippen molar-refractivity contribution in [2.45, 2.75) is 30.3 Å². The van der Waals surface area contributed by atoms with E-state index in [4.69, 9.17) is 11.6 Å². The van der Waals surface area contributed by atoms with Gasteiger partial charge in [-0.3, -0.25) is 0 Å². The van der Waals surface area contributed by atoms with E-state index in [1.54, 1.807) is 12.1 Å². The zero-order chi connectivity index (χ0) is 14.8. The van der Waals surface area contributed by atoms with Crippen LogP contribution in [0.5, 0.6) is 0 Å². The highest BCUT2D eigenvalue weighted by Gasteiger charge is 2.22. The van der Waals surface area contributed by atoms with Crippen molar-refractivity contribution in [3.63, 3.8) is 0 Å². The highest BCUT2D eigenvalue weighted by atomic mass is 35.5. The third-order valence-corrected chi connectivity index (χ3v) is 5.27. The van der Waals surface area contributed by atoms with Gasteiger partial charge < -0.3 is 5.32 Å². The summed E-state index contributed by atoms with van der Waals surface area (Å²) in [6, 6.07) is 13.9. The van der Waals surface area contributed by atoms with E-state index >= 15 is 0 Å². The minimum atomic E-state index is -0.368. The fourth-order valence-electron chi connectivity index (χ4n) is 2.69. The third-order valence-electron chi connectivity index (χ3n) is 3.85. The van der Waals surface area contributed by atoms with Gasteiger partial charge in [0, 0.05) is 17.0 Å². The molecule has 0 aliphatic carbocycles. The molecule has 4 heteroatoms. The molecule has 2 unspecified atom stereocenters.